The first-order valence-electron chi connectivity index (χ1n) is 14.8. The fraction of sp³-hybridized carbons (Fsp3) is 0.343. The lowest BCUT2D eigenvalue weighted by molar-refractivity contribution is -0.141. The summed E-state index contributed by atoms with van der Waals surface area (Å²) in [5.74, 6) is -4.67. The molecular formula is C35H40N4O6. The molecule has 0 saturated heterocycles. The highest BCUT2D eigenvalue weighted by Gasteiger charge is 2.34. The van der Waals surface area contributed by atoms with E-state index in [2.05, 4.69) is 15.6 Å². The highest BCUT2D eigenvalue weighted by molar-refractivity contribution is 6.38. The minimum absolute atomic E-state index is 0.0774. The third-order valence-electron chi connectivity index (χ3n) is 7.53. The van der Waals surface area contributed by atoms with Gasteiger partial charge < -0.3 is 16.4 Å². The third kappa shape index (κ3) is 10.9. The summed E-state index contributed by atoms with van der Waals surface area (Å²) in [5.41, 5.74) is 6.58. The van der Waals surface area contributed by atoms with Crippen LogP contribution < -0.4 is 16.4 Å². The maximum Gasteiger partial charge on any atom is 0.290 e. The van der Waals surface area contributed by atoms with Crippen LogP contribution in [0, 0.1) is 11.3 Å². The summed E-state index contributed by atoms with van der Waals surface area (Å²) >= 11 is 0. The molecule has 2 aromatic carbocycles. The Balaban J connectivity index is 1.71. The van der Waals surface area contributed by atoms with Gasteiger partial charge in [-0.15, -0.1) is 0 Å². The molecule has 236 valence electrons. The van der Waals surface area contributed by atoms with E-state index in [0.29, 0.717) is 0 Å². The van der Waals surface area contributed by atoms with Gasteiger partial charge in [0.05, 0.1) is 17.5 Å². The normalized spacial score (nSPS) is 13.1. The van der Waals surface area contributed by atoms with Crippen molar-refractivity contribution in [3.63, 3.8) is 0 Å². The van der Waals surface area contributed by atoms with Crippen molar-refractivity contribution < 1.29 is 28.8 Å². The Kier molecular flexibility index (Phi) is 12.4. The van der Waals surface area contributed by atoms with Crippen LogP contribution in [0.3, 0.4) is 0 Å². The predicted octanol–water partition coefficient (Wildman–Crippen LogP) is 2.71. The number of pyridine rings is 1. The molecule has 0 spiro atoms. The van der Waals surface area contributed by atoms with Gasteiger partial charge in [0.25, 0.3) is 5.91 Å². The SMILES string of the molecule is CC(NC(=O)[C@@H](CC(=O)Cc1ccccc1)Cc1cccnc1)C(=O)C(=O)N[C@@H](Cc1ccccc1)C(=O)CC(C)(C)C(N)=O. The molecule has 1 unspecified atom stereocenters. The molecule has 1 aromatic heterocycles. The van der Waals surface area contributed by atoms with Gasteiger partial charge in [0, 0.05) is 37.6 Å². The van der Waals surface area contributed by atoms with Crippen molar-refractivity contribution in [3.05, 3.63) is 102 Å². The summed E-state index contributed by atoms with van der Waals surface area (Å²) in [7, 11) is 0. The molecule has 0 aliphatic heterocycles. The van der Waals surface area contributed by atoms with Crippen molar-refractivity contribution >= 4 is 35.1 Å². The number of carbonyl (C=O) groups excluding carboxylic acids is 6. The number of rotatable bonds is 17. The fourth-order valence-corrected chi connectivity index (χ4v) is 4.80. The molecule has 3 aromatic rings. The van der Waals surface area contributed by atoms with Crippen LogP contribution in [0.2, 0.25) is 0 Å². The van der Waals surface area contributed by atoms with Gasteiger partial charge in [-0.25, -0.2) is 0 Å². The maximum absolute atomic E-state index is 13.4. The van der Waals surface area contributed by atoms with E-state index in [1.165, 1.54) is 20.8 Å². The number of nitrogens with one attached hydrogen (secondary N) is 2. The van der Waals surface area contributed by atoms with E-state index in [1.807, 2.05) is 30.3 Å². The van der Waals surface area contributed by atoms with E-state index >= 15 is 0 Å². The number of nitrogens with zero attached hydrogens (tertiary/aromatic N) is 1. The molecule has 1 heterocycles. The van der Waals surface area contributed by atoms with Crippen LogP contribution in [0.15, 0.2) is 85.2 Å². The molecule has 10 heteroatoms. The quantitative estimate of drug-likeness (QED) is 0.197. The summed E-state index contributed by atoms with van der Waals surface area (Å²) in [6.07, 6.45) is 3.33. The monoisotopic (exact) mass is 612 g/mol. The fourth-order valence-electron chi connectivity index (χ4n) is 4.80. The average molecular weight is 613 g/mol. The molecule has 45 heavy (non-hydrogen) atoms. The Morgan fingerprint density at radius 3 is 1.98 bits per heavy atom. The van der Waals surface area contributed by atoms with Gasteiger partial charge in [-0.1, -0.05) is 80.6 Å². The van der Waals surface area contributed by atoms with Crippen molar-refractivity contribution in [2.75, 3.05) is 0 Å². The summed E-state index contributed by atoms with van der Waals surface area (Å²) < 4.78 is 0. The van der Waals surface area contributed by atoms with E-state index in [4.69, 9.17) is 5.73 Å². The number of Topliss-reactive ketones (excluding diaryl/α,β-unsaturated/α-hetero) is 3. The molecule has 0 bridgehead atoms. The van der Waals surface area contributed by atoms with Gasteiger partial charge in [-0.2, -0.15) is 0 Å². The van der Waals surface area contributed by atoms with Crippen LogP contribution in [-0.2, 0) is 48.0 Å². The molecule has 4 N–H and O–H groups in total. The zero-order valence-corrected chi connectivity index (χ0v) is 25.8. The van der Waals surface area contributed by atoms with Crippen LogP contribution in [0.5, 0.6) is 0 Å². The first kappa shape index (κ1) is 34.5. The van der Waals surface area contributed by atoms with Gasteiger partial charge in [0.1, 0.15) is 5.78 Å². The largest absolute Gasteiger partial charge is 0.369 e. The molecule has 3 rings (SSSR count). The summed E-state index contributed by atoms with van der Waals surface area (Å²) in [6, 6.07) is 19.3. The number of aromatic nitrogens is 1. The van der Waals surface area contributed by atoms with Gasteiger partial charge in [0.2, 0.25) is 17.6 Å². The Morgan fingerprint density at radius 2 is 1.40 bits per heavy atom. The van der Waals surface area contributed by atoms with E-state index in [-0.39, 0.29) is 37.9 Å². The van der Waals surface area contributed by atoms with E-state index in [9.17, 15) is 28.8 Å². The van der Waals surface area contributed by atoms with Gasteiger partial charge in [0.15, 0.2) is 5.78 Å². The smallest absolute Gasteiger partial charge is 0.290 e. The predicted molar refractivity (Wildman–Crippen MR) is 168 cm³/mol. The number of carbonyl (C=O) groups is 6. The molecule has 0 radical (unpaired) electrons. The van der Waals surface area contributed by atoms with Gasteiger partial charge >= 0.3 is 0 Å². The second kappa shape index (κ2) is 16.2. The standard InChI is InChI=1S/C35H40N4O6/c1-23(31(42)33(44)39-29(19-25-13-8-5-9-14-25)30(41)21-35(2,3)34(36)45)38-32(43)27(17-26-15-10-16-37-22-26)20-28(40)18-24-11-6-4-7-12-24/h4-16,22-23,27,29H,17-21H2,1-3H3,(H2,36,45)(H,38,43)(H,39,44)/t23?,27-,29+/m1/s1. The molecule has 3 amide bonds. The molecule has 0 fully saturated rings. The average Bonchev–Trinajstić information content (AvgIpc) is 3.01. The first-order valence-corrected chi connectivity index (χ1v) is 14.8. The van der Waals surface area contributed by atoms with Crippen molar-refractivity contribution in [1.82, 2.24) is 15.6 Å². The molecular weight excluding hydrogens is 572 g/mol. The van der Waals surface area contributed by atoms with Gasteiger partial charge in [-0.05, 0) is 42.5 Å². The Bertz CT molecular complexity index is 1490. The van der Waals surface area contributed by atoms with Crippen molar-refractivity contribution in [1.29, 1.82) is 0 Å². The number of hydrogen-bond acceptors (Lipinski definition) is 7. The van der Waals surface area contributed by atoms with E-state index in [0.717, 1.165) is 16.7 Å². The molecule has 0 aliphatic rings. The van der Waals surface area contributed by atoms with Crippen LogP contribution in [0.4, 0.5) is 0 Å². The Labute approximate surface area is 263 Å². The summed E-state index contributed by atoms with van der Waals surface area (Å²) in [6.45, 7) is 4.44. The number of nitrogens with two attached hydrogens (primary N) is 1. The zero-order chi connectivity index (χ0) is 33.0. The van der Waals surface area contributed by atoms with Crippen molar-refractivity contribution in [3.8, 4) is 0 Å². The van der Waals surface area contributed by atoms with E-state index < -0.39 is 52.7 Å². The van der Waals surface area contributed by atoms with Crippen LogP contribution in [0.25, 0.3) is 0 Å². The molecule has 10 nitrogen and oxygen atoms in total. The number of amides is 3. The Morgan fingerprint density at radius 1 is 0.800 bits per heavy atom. The zero-order valence-electron chi connectivity index (χ0n) is 25.8. The lowest BCUT2D eigenvalue weighted by atomic mass is 9.84. The lowest BCUT2D eigenvalue weighted by Gasteiger charge is -2.24. The molecule has 3 atom stereocenters. The second-order valence-electron chi connectivity index (χ2n) is 11.9. The summed E-state index contributed by atoms with van der Waals surface area (Å²) in [5, 5.41) is 5.09. The van der Waals surface area contributed by atoms with Crippen LogP contribution >= 0.6 is 0 Å². The van der Waals surface area contributed by atoms with Crippen LogP contribution in [-0.4, -0.2) is 52.1 Å². The lowest BCUT2D eigenvalue weighted by Crippen LogP contribution is -2.52. The van der Waals surface area contributed by atoms with Crippen molar-refractivity contribution in [2.24, 2.45) is 17.1 Å². The minimum Gasteiger partial charge on any atom is -0.369 e. The van der Waals surface area contributed by atoms with Crippen LogP contribution in [0.1, 0.15) is 50.3 Å². The maximum atomic E-state index is 13.4. The topological polar surface area (TPSA) is 165 Å². The molecule has 0 saturated carbocycles. The number of ketones is 3. The first-order chi connectivity index (χ1) is 21.4. The second-order valence-corrected chi connectivity index (χ2v) is 11.9. The molecule has 0 aliphatic carbocycles. The Hall–Kier alpha value is -4.99. The number of benzene rings is 2. The highest BCUT2D eigenvalue weighted by atomic mass is 16.2. The van der Waals surface area contributed by atoms with E-state index in [1.54, 1.807) is 54.9 Å². The minimum atomic E-state index is -1.24. The third-order valence-corrected chi connectivity index (χ3v) is 7.53. The highest BCUT2D eigenvalue weighted by Crippen LogP contribution is 2.22. The van der Waals surface area contributed by atoms with Gasteiger partial charge in [-0.3, -0.25) is 33.8 Å². The van der Waals surface area contributed by atoms with Crippen molar-refractivity contribution in [2.45, 2.75) is 65.0 Å². The number of hydrogen-bond donors (Lipinski definition) is 3. The summed E-state index contributed by atoms with van der Waals surface area (Å²) in [4.78, 5) is 81.7. The number of primary amides is 1.